The van der Waals surface area contributed by atoms with Crippen LogP contribution in [0, 0.1) is 19.7 Å². The maximum absolute atomic E-state index is 13.4. The molecule has 88 valence electrons. The summed E-state index contributed by atoms with van der Waals surface area (Å²) in [5, 5.41) is 0. The number of nitrogens with two attached hydrogens (primary N) is 1. The molecule has 0 atom stereocenters. The molecule has 2 heteroatoms. The van der Waals surface area contributed by atoms with Crippen molar-refractivity contribution in [1.29, 1.82) is 0 Å². The van der Waals surface area contributed by atoms with E-state index in [9.17, 15) is 4.39 Å². The van der Waals surface area contributed by atoms with E-state index in [1.807, 2.05) is 6.07 Å². The second kappa shape index (κ2) is 4.68. The molecule has 0 saturated carbocycles. The summed E-state index contributed by atoms with van der Waals surface area (Å²) in [4.78, 5) is 0. The Labute approximate surface area is 101 Å². The van der Waals surface area contributed by atoms with Gasteiger partial charge in [0.25, 0.3) is 0 Å². The van der Waals surface area contributed by atoms with Crippen LogP contribution in [0.3, 0.4) is 0 Å². The first kappa shape index (κ1) is 11.8. The summed E-state index contributed by atoms with van der Waals surface area (Å²) in [6, 6.07) is 11.4. The average molecular weight is 229 g/mol. The summed E-state index contributed by atoms with van der Waals surface area (Å²) < 4.78 is 13.4. The maximum atomic E-state index is 13.4. The van der Waals surface area contributed by atoms with Crippen molar-refractivity contribution in [3.63, 3.8) is 0 Å². The molecule has 0 radical (unpaired) electrons. The molecule has 0 spiro atoms. The molecule has 0 aromatic heterocycles. The van der Waals surface area contributed by atoms with Crippen molar-refractivity contribution in [3.05, 3.63) is 58.9 Å². The first-order chi connectivity index (χ1) is 8.11. The fourth-order valence-electron chi connectivity index (χ4n) is 2.04. The monoisotopic (exact) mass is 229 g/mol. The lowest BCUT2D eigenvalue weighted by Crippen LogP contribution is -2.00. The Morgan fingerprint density at radius 3 is 2.47 bits per heavy atom. The summed E-state index contributed by atoms with van der Waals surface area (Å²) >= 11 is 0. The van der Waals surface area contributed by atoms with Crippen LogP contribution in [0.2, 0.25) is 0 Å². The number of rotatable bonds is 2. The van der Waals surface area contributed by atoms with E-state index in [-0.39, 0.29) is 12.4 Å². The lowest BCUT2D eigenvalue weighted by Gasteiger charge is -2.09. The third kappa shape index (κ3) is 2.37. The van der Waals surface area contributed by atoms with Crippen molar-refractivity contribution in [2.75, 3.05) is 0 Å². The Hall–Kier alpha value is -1.67. The highest BCUT2D eigenvalue weighted by molar-refractivity contribution is 5.68. The number of benzene rings is 2. The molecule has 0 aliphatic heterocycles. The predicted molar refractivity (Wildman–Crippen MR) is 69.2 cm³/mol. The summed E-state index contributed by atoms with van der Waals surface area (Å²) in [5.74, 6) is -0.235. The lowest BCUT2D eigenvalue weighted by atomic mass is 9.97. The average Bonchev–Trinajstić information content (AvgIpc) is 2.30. The van der Waals surface area contributed by atoms with Gasteiger partial charge in [-0.2, -0.15) is 0 Å². The molecule has 0 unspecified atom stereocenters. The molecule has 2 N–H and O–H groups in total. The van der Waals surface area contributed by atoms with Crippen molar-refractivity contribution in [3.8, 4) is 11.1 Å². The smallest absolute Gasteiger partial charge is 0.127 e. The van der Waals surface area contributed by atoms with Gasteiger partial charge in [0, 0.05) is 12.1 Å². The number of hydrogen-bond donors (Lipinski definition) is 1. The quantitative estimate of drug-likeness (QED) is 0.837. The van der Waals surface area contributed by atoms with Crippen molar-refractivity contribution in [2.45, 2.75) is 20.4 Å². The van der Waals surface area contributed by atoms with Crippen LogP contribution in [0.1, 0.15) is 16.7 Å². The van der Waals surface area contributed by atoms with E-state index in [2.05, 4.69) is 32.0 Å². The Bertz CT molecular complexity index is 547. The van der Waals surface area contributed by atoms with Crippen LogP contribution in [0.4, 0.5) is 4.39 Å². The second-order valence-electron chi connectivity index (χ2n) is 4.33. The third-order valence-corrected chi connectivity index (χ3v) is 2.96. The van der Waals surface area contributed by atoms with E-state index in [1.54, 1.807) is 6.07 Å². The van der Waals surface area contributed by atoms with Gasteiger partial charge in [0.1, 0.15) is 5.82 Å². The van der Waals surface area contributed by atoms with E-state index >= 15 is 0 Å². The number of hydrogen-bond acceptors (Lipinski definition) is 1. The highest BCUT2D eigenvalue weighted by atomic mass is 19.1. The molecule has 17 heavy (non-hydrogen) atoms. The molecular weight excluding hydrogens is 213 g/mol. The van der Waals surface area contributed by atoms with E-state index in [1.165, 1.54) is 17.2 Å². The molecule has 0 saturated heterocycles. The molecule has 2 rings (SSSR count). The Balaban J connectivity index is 2.53. The first-order valence-electron chi connectivity index (χ1n) is 5.68. The van der Waals surface area contributed by atoms with Gasteiger partial charge in [-0.3, -0.25) is 0 Å². The molecule has 2 aromatic carbocycles. The van der Waals surface area contributed by atoms with E-state index in [4.69, 9.17) is 5.73 Å². The molecular formula is C15H16FN. The van der Waals surface area contributed by atoms with Crippen LogP contribution in [-0.4, -0.2) is 0 Å². The first-order valence-corrected chi connectivity index (χ1v) is 5.68. The highest BCUT2D eigenvalue weighted by Crippen LogP contribution is 2.25. The molecule has 2 aromatic rings. The fraction of sp³-hybridized carbons (Fsp3) is 0.200. The van der Waals surface area contributed by atoms with Gasteiger partial charge in [-0.15, -0.1) is 0 Å². The SMILES string of the molecule is Cc1ccc(-c2ccc(F)c(CN)c2)c(C)c1. The Kier molecular flexibility index (Phi) is 3.25. The minimum absolute atomic E-state index is 0.227. The lowest BCUT2D eigenvalue weighted by molar-refractivity contribution is 0.611. The molecule has 0 heterocycles. The van der Waals surface area contributed by atoms with E-state index in [0.717, 1.165) is 11.1 Å². The Morgan fingerprint density at radius 1 is 1.06 bits per heavy atom. The summed E-state index contributed by atoms with van der Waals surface area (Å²) in [7, 11) is 0. The van der Waals surface area contributed by atoms with Crippen molar-refractivity contribution in [2.24, 2.45) is 5.73 Å². The molecule has 0 aliphatic rings. The van der Waals surface area contributed by atoms with Crippen molar-refractivity contribution >= 4 is 0 Å². The number of halogens is 1. The second-order valence-corrected chi connectivity index (χ2v) is 4.33. The summed E-state index contributed by atoms with van der Waals surface area (Å²) in [6.07, 6.45) is 0. The van der Waals surface area contributed by atoms with Gasteiger partial charge in [-0.25, -0.2) is 4.39 Å². The third-order valence-electron chi connectivity index (χ3n) is 2.96. The molecule has 0 bridgehead atoms. The van der Waals surface area contributed by atoms with E-state index < -0.39 is 0 Å². The number of aryl methyl sites for hydroxylation is 2. The highest BCUT2D eigenvalue weighted by Gasteiger charge is 2.06. The van der Waals surface area contributed by atoms with Gasteiger partial charge in [0.15, 0.2) is 0 Å². The van der Waals surface area contributed by atoms with Crippen molar-refractivity contribution < 1.29 is 4.39 Å². The van der Waals surface area contributed by atoms with Crippen LogP contribution in [-0.2, 0) is 6.54 Å². The molecule has 0 fully saturated rings. The summed E-state index contributed by atoms with van der Waals surface area (Å²) in [5.41, 5.74) is 10.6. The van der Waals surface area contributed by atoms with Gasteiger partial charge in [0.2, 0.25) is 0 Å². The zero-order valence-electron chi connectivity index (χ0n) is 10.1. The zero-order chi connectivity index (χ0) is 12.4. The fourth-order valence-corrected chi connectivity index (χ4v) is 2.04. The van der Waals surface area contributed by atoms with E-state index in [0.29, 0.717) is 5.56 Å². The Morgan fingerprint density at radius 2 is 1.82 bits per heavy atom. The minimum Gasteiger partial charge on any atom is -0.326 e. The zero-order valence-corrected chi connectivity index (χ0v) is 10.1. The minimum atomic E-state index is -0.235. The normalized spacial score (nSPS) is 10.6. The summed E-state index contributed by atoms with van der Waals surface area (Å²) in [6.45, 7) is 4.35. The van der Waals surface area contributed by atoms with Gasteiger partial charge in [0.05, 0.1) is 0 Å². The van der Waals surface area contributed by atoms with Crippen LogP contribution < -0.4 is 5.73 Å². The van der Waals surface area contributed by atoms with Gasteiger partial charge < -0.3 is 5.73 Å². The van der Waals surface area contributed by atoms with Crippen LogP contribution in [0.5, 0.6) is 0 Å². The van der Waals surface area contributed by atoms with Crippen LogP contribution in [0.25, 0.3) is 11.1 Å². The molecule has 0 amide bonds. The van der Waals surface area contributed by atoms with Crippen LogP contribution >= 0.6 is 0 Å². The van der Waals surface area contributed by atoms with Gasteiger partial charge in [-0.1, -0.05) is 29.8 Å². The van der Waals surface area contributed by atoms with Gasteiger partial charge in [-0.05, 0) is 42.7 Å². The molecule has 1 nitrogen and oxygen atoms in total. The largest absolute Gasteiger partial charge is 0.326 e. The van der Waals surface area contributed by atoms with Crippen LogP contribution in [0.15, 0.2) is 36.4 Å². The maximum Gasteiger partial charge on any atom is 0.127 e. The van der Waals surface area contributed by atoms with Crippen molar-refractivity contribution in [1.82, 2.24) is 0 Å². The molecule has 0 aliphatic carbocycles. The predicted octanol–water partition coefficient (Wildman–Crippen LogP) is 3.57. The van der Waals surface area contributed by atoms with Gasteiger partial charge >= 0.3 is 0 Å². The topological polar surface area (TPSA) is 26.0 Å². The standard InChI is InChI=1S/C15H16FN/c1-10-3-5-14(11(2)7-10)12-4-6-15(16)13(8-12)9-17/h3-8H,9,17H2,1-2H3.